The van der Waals surface area contributed by atoms with Gasteiger partial charge in [0, 0.05) is 25.2 Å². The molecular formula is C14H30N2. The Balaban J connectivity index is 2.42. The van der Waals surface area contributed by atoms with E-state index < -0.39 is 0 Å². The molecule has 0 aromatic rings. The molecule has 0 saturated carbocycles. The van der Waals surface area contributed by atoms with E-state index in [1.807, 2.05) is 0 Å². The van der Waals surface area contributed by atoms with Crippen LogP contribution in [0.3, 0.4) is 0 Å². The first kappa shape index (κ1) is 14.0. The zero-order valence-corrected chi connectivity index (χ0v) is 12.0. The van der Waals surface area contributed by atoms with Gasteiger partial charge in [0.1, 0.15) is 0 Å². The summed E-state index contributed by atoms with van der Waals surface area (Å²) < 4.78 is 0. The third kappa shape index (κ3) is 3.74. The van der Waals surface area contributed by atoms with Crippen molar-refractivity contribution >= 4 is 0 Å². The van der Waals surface area contributed by atoms with Crippen LogP contribution < -0.4 is 5.32 Å². The molecule has 96 valence electrons. The predicted octanol–water partition coefficient (Wildman–Crippen LogP) is 2.74. The molecule has 1 aliphatic rings. The van der Waals surface area contributed by atoms with Gasteiger partial charge in [-0.1, -0.05) is 27.7 Å². The topological polar surface area (TPSA) is 15.3 Å². The highest BCUT2D eigenvalue weighted by atomic mass is 15.2. The van der Waals surface area contributed by atoms with Gasteiger partial charge in [0.15, 0.2) is 0 Å². The number of nitrogens with zero attached hydrogens (tertiary/aromatic N) is 1. The minimum absolute atomic E-state index is 0.437. The molecule has 16 heavy (non-hydrogen) atoms. The fourth-order valence-electron chi connectivity index (χ4n) is 2.36. The van der Waals surface area contributed by atoms with Crippen LogP contribution in [0.5, 0.6) is 0 Å². The van der Waals surface area contributed by atoms with Gasteiger partial charge in [-0.25, -0.2) is 0 Å². The van der Waals surface area contributed by atoms with E-state index in [0.717, 1.165) is 18.5 Å². The Morgan fingerprint density at radius 2 is 1.94 bits per heavy atom. The molecule has 3 atom stereocenters. The number of hydrogen-bond acceptors (Lipinski definition) is 2. The first-order chi connectivity index (χ1) is 7.35. The average Bonchev–Trinajstić information content (AvgIpc) is 2.22. The lowest BCUT2D eigenvalue weighted by Crippen LogP contribution is -2.52. The van der Waals surface area contributed by atoms with Crippen molar-refractivity contribution in [2.75, 3.05) is 20.1 Å². The molecule has 0 aromatic heterocycles. The molecule has 1 aliphatic heterocycles. The Hall–Kier alpha value is -0.0800. The number of rotatable bonds is 4. The molecule has 0 radical (unpaired) electrons. The molecule has 2 heteroatoms. The Morgan fingerprint density at radius 1 is 1.31 bits per heavy atom. The van der Waals surface area contributed by atoms with Crippen molar-refractivity contribution < 1.29 is 0 Å². The van der Waals surface area contributed by atoms with E-state index in [0.29, 0.717) is 11.5 Å². The zero-order chi connectivity index (χ0) is 12.3. The molecule has 2 nitrogen and oxygen atoms in total. The van der Waals surface area contributed by atoms with E-state index in [-0.39, 0.29) is 0 Å². The van der Waals surface area contributed by atoms with E-state index in [4.69, 9.17) is 0 Å². The molecule has 0 bridgehead atoms. The van der Waals surface area contributed by atoms with Crippen LogP contribution in [0, 0.1) is 11.3 Å². The van der Waals surface area contributed by atoms with Gasteiger partial charge in [-0.05, 0) is 38.1 Å². The van der Waals surface area contributed by atoms with Crippen LogP contribution in [0.1, 0.15) is 47.5 Å². The second-order valence-electron chi connectivity index (χ2n) is 6.51. The quantitative estimate of drug-likeness (QED) is 0.793. The van der Waals surface area contributed by atoms with E-state index >= 15 is 0 Å². The van der Waals surface area contributed by atoms with Gasteiger partial charge >= 0.3 is 0 Å². The van der Waals surface area contributed by atoms with Gasteiger partial charge in [0.2, 0.25) is 0 Å². The Kier molecular flexibility index (Phi) is 4.81. The summed E-state index contributed by atoms with van der Waals surface area (Å²) in [5.41, 5.74) is 0.437. The summed E-state index contributed by atoms with van der Waals surface area (Å²) in [4.78, 5) is 2.48. The largest absolute Gasteiger partial charge is 0.313 e. The van der Waals surface area contributed by atoms with E-state index in [1.54, 1.807) is 0 Å². The molecule has 1 fully saturated rings. The minimum atomic E-state index is 0.437. The van der Waals surface area contributed by atoms with Gasteiger partial charge in [0.25, 0.3) is 0 Å². The predicted molar refractivity (Wildman–Crippen MR) is 71.7 cm³/mol. The number of nitrogens with one attached hydrogen (secondary N) is 1. The number of likely N-dealkylation sites (tertiary alicyclic amines) is 1. The van der Waals surface area contributed by atoms with Gasteiger partial charge in [0.05, 0.1) is 0 Å². The van der Waals surface area contributed by atoms with Gasteiger partial charge in [-0.2, -0.15) is 0 Å². The maximum Gasteiger partial charge on any atom is 0.0120 e. The van der Waals surface area contributed by atoms with Crippen molar-refractivity contribution in [3.05, 3.63) is 0 Å². The Morgan fingerprint density at radius 3 is 2.50 bits per heavy atom. The lowest BCUT2D eigenvalue weighted by Gasteiger charge is -2.41. The van der Waals surface area contributed by atoms with Gasteiger partial charge < -0.3 is 10.2 Å². The molecule has 3 unspecified atom stereocenters. The zero-order valence-electron chi connectivity index (χ0n) is 12.0. The van der Waals surface area contributed by atoms with Crippen molar-refractivity contribution in [2.24, 2.45) is 11.3 Å². The molecule has 1 N–H and O–H groups in total. The third-order valence-corrected chi connectivity index (χ3v) is 4.41. The highest BCUT2D eigenvalue weighted by Crippen LogP contribution is 2.23. The molecule has 1 saturated heterocycles. The molecule has 1 rings (SSSR count). The standard InChI is InChI=1S/C14H30N2/c1-7-14(4,5)10-15-13-8-12(3)16(6)9-11(13)2/h11-13,15H,7-10H2,1-6H3. The van der Waals surface area contributed by atoms with Crippen LogP contribution in [-0.4, -0.2) is 37.1 Å². The van der Waals surface area contributed by atoms with Crippen LogP contribution in [0.25, 0.3) is 0 Å². The molecule has 0 aliphatic carbocycles. The van der Waals surface area contributed by atoms with Crippen LogP contribution >= 0.6 is 0 Å². The summed E-state index contributed by atoms with van der Waals surface area (Å²) in [5, 5.41) is 3.79. The summed E-state index contributed by atoms with van der Waals surface area (Å²) >= 11 is 0. The van der Waals surface area contributed by atoms with Crippen molar-refractivity contribution in [3.63, 3.8) is 0 Å². The van der Waals surface area contributed by atoms with E-state index in [2.05, 4.69) is 51.9 Å². The van der Waals surface area contributed by atoms with Crippen LogP contribution in [0.15, 0.2) is 0 Å². The van der Waals surface area contributed by atoms with Gasteiger partial charge in [-0.3, -0.25) is 0 Å². The SMILES string of the molecule is CCC(C)(C)CNC1CC(C)N(C)CC1C. The van der Waals surface area contributed by atoms with Crippen molar-refractivity contribution in [1.29, 1.82) is 0 Å². The second-order valence-corrected chi connectivity index (χ2v) is 6.51. The highest BCUT2D eigenvalue weighted by Gasteiger charge is 2.29. The normalized spacial score (nSPS) is 33.0. The summed E-state index contributed by atoms with van der Waals surface area (Å²) in [7, 11) is 2.24. The lowest BCUT2D eigenvalue weighted by molar-refractivity contribution is 0.115. The van der Waals surface area contributed by atoms with Crippen molar-refractivity contribution in [1.82, 2.24) is 10.2 Å². The van der Waals surface area contributed by atoms with E-state index in [9.17, 15) is 0 Å². The van der Waals surface area contributed by atoms with E-state index in [1.165, 1.54) is 19.4 Å². The van der Waals surface area contributed by atoms with Crippen LogP contribution in [0.4, 0.5) is 0 Å². The lowest BCUT2D eigenvalue weighted by atomic mass is 9.86. The summed E-state index contributed by atoms with van der Waals surface area (Å²) in [6.45, 7) is 14.1. The fourth-order valence-corrected chi connectivity index (χ4v) is 2.36. The smallest absolute Gasteiger partial charge is 0.0120 e. The maximum atomic E-state index is 3.79. The fraction of sp³-hybridized carbons (Fsp3) is 1.00. The monoisotopic (exact) mass is 226 g/mol. The summed E-state index contributed by atoms with van der Waals surface area (Å²) in [5.74, 6) is 0.772. The molecule has 1 heterocycles. The average molecular weight is 226 g/mol. The molecule has 0 amide bonds. The molecular weight excluding hydrogens is 196 g/mol. The molecule has 0 spiro atoms. The number of hydrogen-bond donors (Lipinski definition) is 1. The third-order valence-electron chi connectivity index (χ3n) is 4.41. The first-order valence-electron chi connectivity index (χ1n) is 6.79. The minimum Gasteiger partial charge on any atom is -0.313 e. The second kappa shape index (κ2) is 5.50. The van der Waals surface area contributed by atoms with Crippen molar-refractivity contribution in [3.8, 4) is 0 Å². The Labute approximate surface area is 102 Å². The number of piperidine rings is 1. The highest BCUT2D eigenvalue weighted by molar-refractivity contribution is 4.87. The van der Waals surface area contributed by atoms with Gasteiger partial charge in [-0.15, -0.1) is 0 Å². The summed E-state index contributed by atoms with van der Waals surface area (Å²) in [6, 6.07) is 1.43. The maximum absolute atomic E-state index is 3.79. The summed E-state index contributed by atoms with van der Waals surface area (Å²) in [6.07, 6.45) is 2.54. The van der Waals surface area contributed by atoms with Crippen molar-refractivity contribution in [2.45, 2.75) is 59.5 Å². The Bertz CT molecular complexity index is 213. The molecule has 0 aromatic carbocycles. The first-order valence-corrected chi connectivity index (χ1v) is 6.79. The van der Waals surface area contributed by atoms with Crippen LogP contribution in [0.2, 0.25) is 0 Å². The van der Waals surface area contributed by atoms with Crippen LogP contribution in [-0.2, 0) is 0 Å².